The fraction of sp³-hybridized carbons (Fsp3) is 0.158. The van der Waals surface area contributed by atoms with Gasteiger partial charge in [-0.05, 0) is 41.8 Å². The third-order valence-corrected chi connectivity index (χ3v) is 4.05. The Labute approximate surface area is 151 Å². The van der Waals surface area contributed by atoms with Crippen molar-refractivity contribution in [1.29, 1.82) is 0 Å². The first-order chi connectivity index (χ1) is 12.2. The summed E-state index contributed by atoms with van der Waals surface area (Å²) in [5.74, 6) is 1.04. The topological polar surface area (TPSA) is 49.8 Å². The Morgan fingerprint density at radius 1 is 0.960 bits per heavy atom. The number of hydrogen-bond acceptors (Lipinski definition) is 4. The summed E-state index contributed by atoms with van der Waals surface area (Å²) in [6, 6.07) is 16.0. The van der Waals surface area contributed by atoms with Gasteiger partial charge in [-0.3, -0.25) is 0 Å². The maximum Gasteiger partial charge on any atom is 0.224 e. The molecule has 0 bridgehead atoms. The van der Waals surface area contributed by atoms with Crippen molar-refractivity contribution in [2.45, 2.75) is 13.0 Å². The van der Waals surface area contributed by atoms with Crippen molar-refractivity contribution in [1.82, 2.24) is 9.97 Å². The largest absolute Gasteiger partial charge is 0.366 e. The van der Waals surface area contributed by atoms with Gasteiger partial charge in [-0.1, -0.05) is 41.9 Å². The lowest BCUT2D eigenvalue weighted by Crippen LogP contribution is -2.09. The third-order valence-electron chi connectivity index (χ3n) is 3.68. The molecule has 1 heterocycles. The van der Waals surface area contributed by atoms with E-state index in [0.29, 0.717) is 19.0 Å². The van der Waals surface area contributed by atoms with Gasteiger partial charge in [0, 0.05) is 24.3 Å². The van der Waals surface area contributed by atoms with Crippen molar-refractivity contribution in [3.8, 4) is 0 Å². The minimum Gasteiger partial charge on any atom is -0.366 e. The molecule has 2 aromatic carbocycles. The lowest BCUT2D eigenvalue weighted by Gasteiger charge is -2.09. The lowest BCUT2D eigenvalue weighted by molar-refractivity contribution is 0.627. The highest BCUT2D eigenvalue weighted by atomic mass is 35.5. The van der Waals surface area contributed by atoms with Crippen LogP contribution in [-0.4, -0.2) is 16.5 Å². The van der Waals surface area contributed by atoms with Gasteiger partial charge in [-0.25, -0.2) is 9.37 Å². The number of hydrogen-bond donors (Lipinski definition) is 2. The Hall–Kier alpha value is -2.66. The first-order valence-electron chi connectivity index (χ1n) is 7.99. The molecule has 0 unspecified atom stereocenters. The Kier molecular flexibility index (Phi) is 5.80. The highest BCUT2D eigenvalue weighted by Gasteiger charge is 2.02. The molecule has 0 radical (unpaired) electrons. The molecule has 128 valence electrons. The van der Waals surface area contributed by atoms with E-state index in [0.717, 1.165) is 28.4 Å². The first kappa shape index (κ1) is 17.2. The molecule has 0 amide bonds. The minimum atomic E-state index is -0.225. The molecule has 2 N–H and O–H groups in total. The van der Waals surface area contributed by atoms with Gasteiger partial charge in [0.15, 0.2) is 0 Å². The number of anilines is 2. The molecule has 0 aliphatic carbocycles. The summed E-state index contributed by atoms with van der Waals surface area (Å²) in [5.41, 5.74) is 2.07. The molecule has 0 saturated carbocycles. The summed E-state index contributed by atoms with van der Waals surface area (Å²) in [6.07, 6.45) is 2.46. The minimum absolute atomic E-state index is 0.225. The number of halogens is 2. The normalized spacial score (nSPS) is 10.5. The lowest BCUT2D eigenvalue weighted by atomic mass is 10.1. The van der Waals surface area contributed by atoms with Gasteiger partial charge >= 0.3 is 0 Å². The zero-order chi connectivity index (χ0) is 17.5. The maximum atomic E-state index is 12.9. The van der Waals surface area contributed by atoms with Gasteiger partial charge in [0.1, 0.15) is 11.6 Å². The van der Waals surface area contributed by atoms with Crippen molar-refractivity contribution in [2.75, 3.05) is 17.2 Å². The first-order valence-corrected chi connectivity index (χ1v) is 8.37. The number of nitrogens with one attached hydrogen (secondary N) is 2. The van der Waals surface area contributed by atoms with Crippen LogP contribution in [0.2, 0.25) is 5.02 Å². The second-order valence-corrected chi connectivity index (χ2v) is 5.92. The van der Waals surface area contributed by atoms with E-state index in [9.17, 15) is 4.39 Å². The summed E-state index contributed by atoms with van der Waals surface area (Å²) in [4.78, 5) is 8.64. The molecule has 0 fully saturated rings. The van der Waals surface area contributed by atoms with Crippen molar-refractivity contribution >= 4 is 23.4 Å². The Bertz CT molecular complexity index is 824. The SMILES string of the molecule is Fc1ccc(CCNc2nccc(NCc3ccccc3Cl)n2)cc1. The molecule has 3 aromatic rings. The van der Waals surface area contributed by atoms with E-state index < -0.39 is 0 Å². The van der Waals surface area contributed by atoms with Crippen molar-refractivity contribution in [3.05, 3.63) is 82.8 Å². The smallest absolute Gasteiger partial charge is 0.224 e. The number of rotatable bonds is 7. The quantitative estimate of drug-likeness (QED) is 0.652. The van der Waals surface area contributed by atoms with Gasteiger partial charge < -0.3 is 10.6 Å². The third kappa shape index (κ3) is 5.16. The van der Waals surface area contributed by atoms with Crippen LogP contribution in [0.5, 0.6) is 0 Å². The summed E-state index contributed by atoms with van der Waals surface area (Å²) in [7, 11) is 0. The van der Waals surface area contributed by atoms with E-state index in [1.165, 1.54) is 12.1 Å². The summed E-state index contributed by atoms with van der Waals surface area (Å²) >= 11 is 6.15. The van der Waals surface area contributed by atoms with Crippen LogP contribution in [0.15, 0.2) is 60.8 Å². The van der Waals surface area contributed by atoms with E-state index in [2.05, 4.69) is 20.6 Å². The van der Waals surface area contributed by atoms with Crippen LogP contribution >= 0.6 is 11.6 Å². The standard InChI is InChI=1S/C19H18ClFN4/c20-17-4-2-1-3-15(17)13-24-18-10-12-23-19(25-18)22-11-9-14-5-7-16(21)8-6-14/h1-8,10,12H,9,11,13H2,(H2,22,23,24,25). The fourth-order valence-corrected chi connectivity index (χ4v) is 2.54. The fourth-order valence-electron chi connectivity index (χ4n) is 2.34. The molecule has 0 aliphatic rings. The Morgan fingerprint density at radius 2 is 1.76 bits per heavy atom. The second kappa shape index (κ2) is 8.44. The van der Waals surface area contributed by atoms with Gasteiger partial charge in [0.05, 0.1) is 0 Å². The molecular weight excluding hydrogens is 339 g/mol. The van der Waals surface area contributed by atoms with Gasteiger partial charge in [-0.2, -0.15) is 4.98 Å². The van der Waals surface area contributed by atoms with Crippen LogP contribution in [0.1, 0.15) is 11.1 Å². The zero-order valence-electron chi connectivity index (χ0n) is 13.5. The highest BCUT2D eigenvalue weighted by molar-refractivity contribution is 6.31. The summed E-state index contributed by atoms with van der Waals surface area (Å²) in [5, 5.41) is 7.14. The van der Waals surface area contributed by atoms with Crippen LogP contribution in [0.4, 0.5) is 16.2 Å². The molecular formula is C19H18ClFN4. The maximum absolute atomic E-state index is 12.9. The average molecular weight is 357 g/mol. The van der Waals surface area contributed by atoms with Crippen LogP contribution < -0.4 is 10.6 Å². The molecule has 0 aliphatic heterocycles. The number of benzene rings is 2. The molecule has 0 atom stereocenters. The van der Waals surface area contributed by atoms with Gasteiger partial charge in [0.2, 0.25) is 5.95 Å². The predicted octanol–water partition coefficient (Wildman–Crippen LogP) is 4.54. The Balaban J connectivity index is 1.52. The second-order valence-electron chi connectivity index (χ2n) is 5.51. The Morgan fingerprint density at radius 3 is 2.56 bits per heavy atom. The van der Waals surface area contributed by atoms with Crippen LogP contribution in [0.3, 0.4) is 0 Å². The van der Waals surface area contributed by atoms with E-state index in [4.69, 9.17) is 11.6 Å². The van der Waals surface area contributed by atoms with Crippen LogP contribution in [-0.2, 0) is 13.0 Å². The van der Waals surface area contributed by atoms with E-state index in [1.54, 1.807) is 18.3 Å². The van der Waals surface area contributed by atoms with E-state index in [-0.39, 0.29) is 5.82 Å². The highest BCUT2D eigenvalue weighted by Crippen LogP contribution is 2.16. The molecule has 0 saturated heterocycles. The van der Waals surface area contributed by atoms with Crippen molar-refractivity contribution in [2.24, 2.45) is 0 Å². The molecule has 4 nitrogen and oxygen atoms in total. The number of aromatic nitrogens is 2. The van der Waals surface area contributed by atoms with E-state index >= 15 is 0 Å². The van der Waals surface area contributed by atoms with Crippen LogP contribution in [0.25, 0.3) is 0 Å². The molecule has 1 aromatic heterocycles. The summed E-state index contributed by atoms with van der Waals surface area (Å²) in [6.45, 7) is 1.26. The van der Waals surface area contributed by atoms with E-state index in [1.807, 2.05) is 30.3 Å². The predicted molar refractivity (Wildman–Crippen MR) is 99.4 cm³/mol. The monoisotopic (exact) mass is 356 g/mol. The van der Waals surface area contributed by atoms with Crippen LogP contribution in [0, 0.1) is 5.82 Å². The van der Waals surface area contributed by atoms with Gasteiger partial charge in [0.25, 0.3) is 0 Å². The van der Waals surface area contributed by atoms with Crippen molar-refractivity contribution < 1.29 is 4.39 Å². The molecule has 6 heteroatoms. The average Bonchev–Trinajstić information content (AvgIpc) is 2.63. The molecule has 0 spiro atoms. The van der Waals surface area contributed by atoms with Gasteiger partial charge in [-0.15, -0.1) is 0 Å². The van der Waals surface area contributed by atoms with Crippen molar-refractivity contribution in [3.63, 3.8) is 0 Å². The summed E-state index contributed by atoms with van der Waals surface area (Å²) < 4.78 is 12.9. The molecule has 25 heavy (non-hydrogen) atoms. The zero-order valence-corrected chi connectivity index (χ0v) is 14.3. The number of nitrogens with zero attached hydrogens (tertiary/aromatic N) is 2. The molecule has 3 rings (SSSR count).